The molecule has 2 aliphatic heterocycles. The van der Waals surface area contributed by atoms with E-state index >= 15 is 0 Å². The number of benzene rings is 1. The molecule has 2 aromatic rings. The van der Waals surface area contributed by atoms with Crippen LogP contribution in [0.15, 0.2) is 29.1 Å². The number of carbonyl (C=O) groups is 1. The molecular formula is C28H39N3O3. The van der Waals surface area contributed by atoms with E-state index in [0.29, 0.717) is 17.7 Å². The van der Waals surface area contributed by atoms with Crippen molar-refractivity contribution in [2.24, 2.45) is 5.92 Å². The first-order valence-electron chi connectivity index (χ1n) is 13.3. The maximum Gasteiger partial charge on any atom is 0.260 e. The Labute approximate surface area is 202 Å². The number of likely N-dealkylation sites (tertiary alicyclic amines) is 2. The van der Waals surface area contributed by atoms with Gasteiger partial charge in [-0.2, -0.15) is 0 Å². The molecule has 0 atom stereocenters. The summed E-state index contributed by atoms with van der Waals surface area (Å²) in [5, 5.41) is 1.11. The third-order valence-electron chi connectivity index (χ3n) is 7.96. The average Bonchev–Trinajstić information content (AvgIpc) is 3.69. The predicted molar refractivity (Wildman–Crippen MR) is 136 cm³/mol. The monoisotopic (exact) mass is 465 g/mol. The summed E-state index contributed by atoms with van der Waals surface area (Å²) in [5.41, 5.74) is 2.06. The van der Waals surface area contributed by atoms with Crippen LogP contribution in [-0.4, -0.2) is 59.1 Å². The molecular weight excluding hydrogens is 426 g/mol. The first-order chi connectivity index (χ1) is 16.5. The van der Waals surface area contributed by atoms with Crippen LogP contribution in [0.25, 0.3) is 10.9 Å². The van der Waals surface area contributed by atoms with Crippen molar-refractivity contribution in [1.29, 1.82) is 0 Å². The van der Waals surface area contributed by atoms with E-state index in [1.54, 1.807) is 6.07 Å². The molecule has 1 amide bonds. The fraction of sp³-hybridized carbons (Fsp3) is 0.643. The van der Waals surface area contributed by atoms with E-state index < -0.39 is 0 Å². The summed E-state index contributed by atoms with van der Waals surface area (Å²) in [5.74, 6) is 1.59. The van der Waals surface area contributed by atoms with E-state index in [4.69, 9.17) is 4.74 Å². The van der Waals surface area contributed by atoms with Crippen molar-refractivity contribution in [2.75, 3.05) is 32.8 Å². The summed E-state index contributed by atoms with van der Waals surface area (Å²) in [7, 11) is 0. The van der Waals surface area contributed by atoms with Gasteiger partial charge < -0.3 is 19.1 Å². The Morgan fingerprint density at radius 1 is 1.00 bits per heavy atom. The van der Waals surface area contributed by atoms with Gasteiger partial charge in [0.2, 0.25) is 0 Å². The van der Waals surface area contributed by atoms with Gasteiger partial charge in [-0.1, -0.05) is 20.3 Å². The van der Waals surface area contributed by atoms with Gasteiger partial charge in [-0.05, 0) is 81.1 Å². The minimum Gasteiger partial charge on any atom is -0.484 e. The van der Waals surface area contributed by atoms with Crippen molar-refractivity contribution in [3.05, 3.63) is 40.2 Å². The Morgan fingerprint density at radius 2 is 1.74 bits per heavy atom. The number of ether oxygens (including phenoxy) is 1. The molecule has 34 heavy (non-hydrogen) atoms. The fourth-order valence-corrected chi connectivity index (χ4v) is 5.70. The summed E-state index contributed by atoms with van der Waals surface area (Å²) in [4.78, 5) is 30.4. The SMILES string of the molecule is CC(C)c1cc(=O)n(CC2CC2)c2cc(OCC(=O)N3CCC(N4CCCCC4)CC3)ccc12. The minimum absolute atomic E-state index is 0.0522. The molecule has 0 bridgehead atoms. The van der Waals surface area contributed by atoms with E-state index in [1.165, 1.54) is 45.2 Å². The number of hydrogen-bond acceptors (Lipinski definition) is 4. The Kier molecular flexibility index (Phi) is 6.96. The van der Waals surface area contributed by atoms with Crippen molar-refractivity contribution in [2.45, 2.75) is 77.3 Å². The van der Waals surface area contributed by atoms with Crippen LogP contribution >= 0.6 is 0 Å². The zero-order valence-electron chi connectivity index (χ0n) is 20.8. The second kappa shape index (κ2) is 10.1. The van der Waals surface area contributed by atoms with Gasteiger partial charge in [-0.3, -0.25) is 9.59 Å². The number of hydrogen-bond donors (Lipinski definition) is 0. The summed E-state index contributed by atoms with van der Waals surface area (Å²) in [6.07, 6.45) is 8.49. The lowest BCUT2D eigenvalue weighted by Crippen LogP contribution is -2.49. The lowest BCUT2D eigenvalue weighted by Gasteiger charge is -2.40. The van der Waals surface area contributed by atoms with E-state index in [-0.39, 0.29) is 24.0 Å². The molecule has 1 aliphatic carbocycles. The number of piperidine rings is 2. The highest BCUT2D eigenvalue weighted by Crippen LogP contribution is 2.33. The summed E-state index contributed by atoms with van der Waals surface area (Å²) >= 11 is 0. The van der Waals surface area contributed by atoms with E-state index in [1.807, 2.05) is 21.6 Å². The Bertz CT molecular complexity index is 1070. The van der Waals surface area contributed by atoms with Crippen molar-refractivity contribution in [3.8, 4) is 5.75 Å². The zero-order valence-corrected chi connectivity index (χ0v) is 20.8. The molecule has 1 aromatic carbocycles. The molecule has 0 unspecified atom stereocenters. The van der Waals surface area contributed by atoms with Gasteiger partial charge in [0, 0.05) is 43.2 Å². The second-order valence-corrected chi connectivity index (χ2v) is 10.8. The molecule has 1 aromatic heterocycles. The molecule has 0 N–H and O–H groups in total. The summed E-state index contributed by atoms with van der Waals surface area (Å²) in [6.45, 7) is 9.13. The van der Waals surface area contributed by atoms with Crippen molar-refractivity contribution in [3.63, 3.8) is 0 Å². The number of rotatable bonds is 7. The van der Waals surface area contributed by atoms with E-state index in [2.05, 4.69) is 24.8 Å². The number of amides is 1. The first-order valence-corrected chi connectivity index (χ1v) is 13.3. The lowest BCUT2D eigenvalue weighted by atomic mass is 9.98. The molecule has 2 saturated heterocycles. The first kappa shape index (κ1) is 23.4. The molecule has 3 fully saturated rings. The highest BCUT2D eigenvalue weighted by molar-refractivity contribution is 5.85. The molecule has 3 aliphatic rings. The highest BCUT2D eigenvalue weighted by Gasteiger charge is 2.28. The second-order valence-electron chi connectivity index (χ2n) is 10.8. The molecule has 0 spiro atoms. The number of fused-ring (bicyclic) bond motifs is 1. The maximum absolute atomic E-state index is 12.9. The summed E-state index contributed by atoms with van der Waals surface area (Å²) < 4.78 is 7.87. The van der Waals surface area contributed by atoms with Crippen LogP contribution in [0.1, 0.15) is 70.3 Å². The topological polar surface area (TPSA) is 54.8 Å². The fourth-order valence-electron chi connectivity index (χ4n) is 5.70. The molecule has 0 radical (unpaired) electrons. The zero-order chi connectivity index (χ0) is 23.7. The maximum atomic E-state index is 12.9. The van der Waals surface area contributed by atoms with E-state index in [9.17, 15) is 9.59 Å². The lowest BCUT2D eigenvalue weighted by molar-refractivity contribution is -0.135. The third-order valence-corrected chi connectivity index (χ3v) is 7.96. The van der Waals surface area contributed by atoms with Crippen LogP contribution < -0.4 is 10.3 Å². The predicted octanol–water partition coefficient (Wildman–Crippen LogP) is 4.39. The van der Waals surface area contributed by atoms with Crippen LogP contribution in [0.5, 0.6) is 5.75 Å². The average molecular weight is 466 g/mol. The van der Waals surface area contributed by atoms with Crippen LogP contribution in [0, 0.1) is 5.92 Å². The molecule has 6 heteroatoms. The van der Waals surface area contributed by atoms with Crippen molar-refractivity contribution in [1.82, 2.24) is 14.4 Å². The van der Waals surface area contributed by atoms with Gasteiger partial charge in [0.1, 0.15) is 5.75 Å². The molecule has 5 rings (SSSR count). The highest BCUT2D eigenvalue weighted by atomic mass is 16.5. The number of nitrogens with zero attached hydrogens (tertiary/aromatic N) is 3. The molecule has 184 valence electrons. The van der Waals surface area contributed by atoms with E-state index in [0.717, 1.165) is 48.9 Å². The van der Waals surface area contributed by atoms with Crippen molar-refractivity contribution >= 4 is 16.8 Å². The van der Waals surface area contributed by atoms with Crippen LogP contribution in [0.3, 0.4) is 0 Å². The van der Waals surface area contributed by atoms with Gasteiger partial charge in [-0.25, -0.2) is 0 Å². The van der Waals surface area contributed by atoms with Gasteiger partial charge in [-0.15, -0.1) is 0 Å². The molecule has 3 heterocycles. The largest absolute Gasteiger partial charge is 0.484 e. The standard InChI is InChI=1S/C28H39N3O3/c1-20(2)25-17-27(32)31(18-21-6-7-21)26-16-23(8-9-24(25)26)34-19-28(33)30-14-10-22(11-15-30)29-12-4-3-5-13-29/h8-9,16-17,20-22H,3-7,10-15,18-19H2,1-2H3. The Morgan fingerprint density at radius 3 is 2.41 bits per heavy atom. The molecule has 6 nitrogen and oxygen atoms in total. The normalized spacial score (nSPS) is 20.3. The van der Waals surface area contributed by atoms with Gasteiger partial charge >= 0.3 is 0 Å². The molecule has 1 saturated carbocycles. The Balaban J connectivity index is 1.25. The number of carbonyl (C=O) groups excluding carboxylic acids is 1. The van der Waals surface area contributed by atoms with Gasteiger partial charge in [0.15, 0.2) is 6.61 Å². The summed E-state index contributed by atoms with van der Waals surface area (Å²) in [6, 6.07) is 8.38. The van der Waals surface area contributed by atoms with Crippen molar-refractivity contribution < 1.29 is 9.53 Å². The third kappa shape index (κ3) is 5.17. The minimum atomic E-state index is 0.0522. The smallest absolute Gasteiger partial charge is 0.260 e. The number of pyridine rings is 1. The number of aromatic nitrogens is 1. The quantitative estimate of drug-likeness (QED) is 0.609. The van der Waals surface area contributed by atoms with Gasteiger partial charge in [0.25, 0.3) is 11.5 Å². The Hall–Kier alpha value is -2.34. The van der Waals surface area contributed by atoms with Gasteiger partial charge in [0.05, 0.1) is 5.52 Å². The van der Waals surface area contributed by atoms with Crippen LogP contribution in [0.2, 0.25) is 0 Å². The van der Waals surface area contributed by atoms with Crippen LogP contribution in [-0.2, 0) is 11.3 Å². The van der Waals surface area contributed by atoms with Crippen LogP contribution in [0.4, 0.5) is 0 Å².